The fourth-order valence-corrected chi connectivity index (χ4v) is 4.09. The smallest absolute Gasteiger partial charge is 0.243 e. The van der Waals surface area contributed by atoms with Crippen molar-refractivity contribution in [1.29, 1.82) is 5.26 Å². The molecule has 3 aromatic rings. The minimum atomic E-state index is -0.0518. The summed E-state index contributed by atoms with van der Waals surface area (Å²) in [6.45, 7) is 3.66. The highest BCUT2D eigenvalue weighted by molar-refractivity contribution is 5.92. The van der Waals surface area contributed by atoms with E-state index in [1.54, 1.807) is 6.08 Å². The largest absolute Gasteiger partial charge is 0.353 e. The van der Waals surface area contributed by atoms with Crippen molar-refractivity contribution in [3.8, 4) is 6.07 Å². The molecule has 0 saturated carbocycles. The van der Waals surface area contributed by atoms with Gasteiger partial charge in [0.15, 0.2) is 0 Å². The third kappa shape index (κ3) is 5.59. The molecule has 0 radical (unpaired) electrons. The van der Waals surface area contributed by atoms with E-state index < -0.39 is 0 Å². The molecule has 0 bridgehead atoms. The highest BCUT2D eigenvalue weighted by Crippen LogP contribution is 2.20. The molecule has 1 heterocycles. The average Bonchev–Trinajstić information content (AvgIpc) is 2.81. The first kappa shape index (κ1) is 20.8. The van der Waals surface area contributed by atoms with E-state index in [1.165, 1.54) is 21.9 Å². The second kappa shape index (κ2) is 10.1. The topological polar surface area (TPSA) is 56.1 Å². The van der Waals surface area contributed by atoms with Crippen molar-refractivity contribution in [1.82, 2.24) is 10.2 Å². The van der Waals surface area contributed by atoms with Crippen LogP contribution in [-0.4, -0.2) is 30.4 Å². The van der Waals surface area contributed by atoms with Crippen molar-refractivity contribution in [2.24, 2.45) is 0 Å². The van der Waals surface area contributed by atoms with Crippen LogP contribution in [0.15, 0.2) is 66.7 Å². The van der Waals surface area contributed by atoms with Crippen LogP contribution in [0.3, 0.4) is 0 Å². The molecule has 0 spiro atoms. The number of nitrogens with zero attached hydrogens (tertiary/aromatic N) is 2. The van der Waals surface area contributed by atoms with Crippen molar-refractivity contribution in [2.75, 3.05) is 19.6 Å². The molecule has 1 aliphatic heterocycles. The van der Waals surface area contributed by atoms with E-state index in [1.807, 2.05) is 36.4 Å². The first-order chi connectivity index (χ1) is 15.2. The molecule has 4 rings (SSSR count). The molecule has 0 aromatic heterocycles. The normalized spacial score (nSPS) is 13.8. The monoisotopic (exact) mass is 409 g/mol. The zero-order valence-electron chi connectivity index (χ0n) is 17.7. The number of unbranched alkanes of at least 4 members (excludes halogenated alkanes) is 1. The molecule has 1 aliphatic rings. The number of hydrogen-bond donors (Lipinski definition) is 1. The summed E-state index contributed by atoms with van der Waals surface area (Å²) in [4.78, 5) is 14.5. The Morgan fingerprint density at radius 1 is 1.03 bits per heavy atom. The van der Waals surface area contributed by atoms with Gasteiger partial charge in [-0.25, -0.2) is 0 Å². The van der Waals surface area contributed by atoms with E-state index in [4.69, 9.17) is 5.26 Å². The van der Waals surface area contributed by atoms with Gasteiger partial charge in [0.1, 0.15) is 0 Å². The molecule has 3 aromatic carbocycles. The molecule has 1 N–H and O–H groups in total. The Kier molecular flexibility index (Phi) is 6.76. The number of nitrogens with one attached hydrogen (secondary N) is 1. The van der Waals surface area contributed by atoms with Gasteiger partial charge in [0.25, 0.3) is 0 Å². The molecule has 0 unspecified atom stereocenters. The van der Waals surface area contributed by atoms with Crippen LogP contribution >= 0.6 is 0 Å². The second-order valence-corrected chi connectivity index (χ2v) is 8.06. The summed E-state index contributed by atoms with van der Waals surface area (Å²) in [5, 5.41) is 14.4. The standard InChI is InChI=1S/C27H27N3O/c28-19-22-8-11-24-13-16-30(20-26(24)18-22)15-4-3-14-29-27(31)12-9-21-7-10-23-5-1-2-6-25(23)17-21/h1-2,5-12,17-18H,3-4,13-16,20H2,(H,29,31)/b12-9+. The first-order valence-electron chi connectivity index (χ1n) is 10.9. The highest BCUT2D eigenvalue weighted by atomic mass is 16.1. The minimum Gasteiger partial charge on any atom is -0.353 e. The Morgan fingerprint density at radius 3 is 2.77 bits per heavy atom. The number of amides is 1. The van der Waals surface area contributed by atoms with Gasteiger partial charge in [-0.15, -0.1) is 0 Å². The van der Waals surface area contributed by atoms with Gasteiger partial charge in [-0.2, -0.15) is 5.26 Å². The summed E-state index contributed by atoms with van der Waals surface area (Å²) < 4.78 is 0. The van der Waals surface area contributed by atoms with E-state index in [0.717, 1.165) is 50.0 Å². The van der Waals surface area contributed by atoms with Gasteiger partial charge in [-0.3, -0.25) is 9.69 Å². The van der Waals surface area contributed by atoms with E-state index in [2.05, 4.69) is 46.6 Å². The molecule has 4 heteroatoms. The quantitative estimate of drug-likeness (QED) is 0.455. The zero-order chi connectivity index (χ0) is 21.5. The van der Waals surface area contributed by atoms with Crippen LogP contribution in [0.25, 0.3) is 16.8 Å². The predicted octanol–water partition coefficient (Wildman–Crippen LogP) is 4.68. The molecule has 4 nitrogen and oxygen atoms in total. The van der Waals surface area contributed by atoms with Crippen LogP contribution in [0.4, 0.5) is 0 Å². The van der Waals surface area contributed by atoms with Crippen molar-refractivity contribution >= 4 is 22.8 Å². The van der Waals surface area contributed by atoms with E-state index in [0.29, 0.717) is 6.54 Å². The maximum absolute atomic E-state index is 12.1. The summed E-state index contributed by atoms with van der Waals surface area (Å²) in [5.74, 6) is -0.0518. The van der Waals surface area contributed by atoms with E-state index >= 15 is 0 Å². The van der Waals surface area contributed by atoms with Gasteiger partial charge in [-0.05, 0) is 77.5 Å². The van der Waals surface area contributed by atoms with Crippen LogP contribution in [0.2, 0.25) is 0 Å². The average molecular weight is 410 g/mol. The first-order valence-corrected chi connectivity index (χ1v) is 10.9. The fraction of sp³-hybridized carbons (Fsp3) is 0.259. The lowest BCUT2D eigenvalue weighted by Gasteiger charge is -2.28. The zero-order valence-corrected chi connectivity index (χ0v) is 17.7. The van der Waals surface area contributed by atoms with E-state index in [-0.39, 0.29) is 5.91 Å². The van der Waals surface area contributed by atoms with Crippen molar-refractivity contribution in [3.63, 3.8) is 0 Å². The molecule has 0 saturated heterocycles. The lowest BCUT2D eigenvalue weighted by Crippen LogP contribution is -2.32. The fourth-order valence-electron chi connectivity index (χ4n) is 4.09. The summed E-state index contributed by atoms with van der Waals surface area (Å²) in [6.07, 6.45) is 6.51. The molecule has 31 heavy (non-hydrogen) atoms. The maximum atomic E-state index is 12.1. The van der Waals surface area contributed by atoms with Crippen LogP contribution in [0.5, 0.6) is 0 Å². The lowest BCUT2D eigenvalue weighted by molar-refractivity contribution is -0.116. The van der Waals surface area contributed by atoms with Crippen LogP contribution in [0, 0.1) is 11.3 Å². The number of benzene rings is 3. The highest BCUT2D eigenvalue weighted by Gasteiger charge is 2.16. The predicted molar refractivity (Wildman–Crippen MR) is 125 cm³/mol. The van der Waals surface area contributed by atoms with Crippen LogP contribution < -0.4 is 5.32 Å². The van der Waals surface area contributed by atoms with Gasteiger partial charge in [-0.1, -0.05) is 42.5 Å². The maximum Gasteiger partial charge on any atom is 0.243 e. The molecule has 0 atom stereocenters. The number of nitriles is 1. The van der Waals surface area contributed by atoms with Crippen molar-refractivity contribution < 1.29 is 4.79 Å². The number of fused-ring (bicyclic) bond motifs is 2. The Bertz CT molecular complexity index is 1140. The Balaban J connectivity index is 1.17. The lowest BCUT2D eigenvalue weighted by atomic mass is 9.97. The molecule has 1 amide bonds. The third-order valence-electron chi connectivity index (χ3n) is 5.83. The number of carbonyl (C=O) groups excluding carboxylic acids is 1. The Hall–Kier alpha value is -3.42. The molecule has 0 aliphatic carbocycles. The number of carbonyl (C=O) groups is 1. The second-order valence-electron chi connectivity index (χ2n) is 8.06. The van der Waals surface area contributed by atoms with Crippen molar-refractivity contribution in [2.45, 2.75) is 25.8 Å². The van der Waals surface area contributed by atoms with Gasteiger partial charge in [0.05, 0.1) is 11.6 Å². The van der Waals surface area contributed by atoms with Crippen LogP contribution in [-0.2, 0) is 17.8 Å². The summed E-state index contributed by atoms with van der Waals surface area (Å²) in [5.41, 5.74) is 4.40. The number of hydrogen-bond acceptors (Lipinski definition) is 3. The van der Waals surface area contributed by atoms with Crippen LogP contribution in [0.1, 0.15) is 35.1 Å². The molecular weight excluding hydrogens is 382 g/mol. The minimum absolute atomic E-state index is 0.0518. The summed E-state index contributed by atoms with van der Waals surface area (Å²) >= 11 is 0. The Labute approximate surface area is 183 Å². The molecular formula is C27H27N3O. The van der Waals surface area contributed by atoms with Gasteiger partial charge >= 0.3 is 0 Å². The van der Waals surface area contributed by atoms with Gasteiger partial charge in [0.2, 0.25) is 5.91 Å². The molecule has 156 valence electrons. The Morgan fingerprint density at radius 2 is 1.90 bits per heavy atom. The summed E-state index contributed by atoms with van der Waals surface area (Å²) in [7, 11) is 0. The van der Waals surface area contributed by atoms with Gasteiger partial charge < -0.3 is 5.32 Å². The number of rotatable bonds is 7. The molecule has 0 fully saturated rings. The van der Waals surface area contributed by atoms with Gasteiger partial charge in [0, 0.05) is 25.7 Å². The van der Waals surface area contributed by atoms with E-state index in [9.17, 15) is 4.79 Å². The van der Waals surface area contributed by atoms with Crippen molar-refractivity contribution in [3.05, 3.63) is 89.0 Å². The third-order valence-corrected chi connectivity index (χ3v) is 5.83. The summed E-state index contributed by atoms with van der Waals surface area (Å²) in [6, 6.07) is 22.7. The SMILES string of the molecule is N#Cc1ccc2c(c1)CN(CCCCNC(=O)/C=C/c1ccc3ccccc3c1)CC2.